The number of nitrogens with zero attached hydrogens (tertiary/aromatic N) is 6. The van der Waals surface area contributed by atoms with E-state index in [1.807, 2.05) is 0 Å². The van der Waals surface area contributed by atoms with E-state index < -0.39 is 35.1 Å². The molecule has 0 amide bonds. The molecule has 12 nitrogen and oxygen atoms in total. The first-order chi connectivity index (χ1) is 6.91. The Morgan fingerprint density at radius 1 is 0.688 bits per heavy atom. The summed E-state index contributed by atoms with van der Waals surface area (Å²) < 4.78 is 0. The van der Waals surface area contributed by atoms with Gasteiger partial charge in [-0.05, 0) is 0 Å². The third kappa shape index (κ3) is 3.06. The standard InChI is InChI=1S/C3H6N6O6.Cu/c10-7(11)4-1-5(8(12)13)3-6(2-4)9(14)15;/h1-3H2;. The van der Waals surface area contributed by atoms with Gasteiger partial charge in [-0.25, -0.2) is 30.3 Å². The maximum absolute atomic E-state index is 10.3. The Balaban J connectivity index is 0.00000225. The summed E-state index contributed by atoms with van der Waals surface area (Å²) in [6.45, 7) is -1.78. The van der Waals surface area contributed by atoms with Crippen LogP contribution in [0.1, 0.15) is 0 Å². The van der Waals surface area contributed by atoms with E-state index in [0.29, 0.717) is 15.0 Å². The van der Waals surface area contributed by atoms with E-state index in [9.17, 15) is 30.3 Å². The van der Waals surface area contributed by atoms with Crippen molar-refractivity contribution < 1.29 is 32.2 Å². The SMILES string of the molecule is O=[N+]([O-])N1CN([N+](=O)[O-])CN([N+](=O)[O-])C1.[Cu]. The maximum atomic E-state index is 10.3. The van der Waals surface area contributed by atoms with Crippen LogP contribution in [0.5, 0.6) is 0 Å². The number of nitro groups is 3. The van der Waals surface area contributed by atoms with Crippen molar-refractivity contribution in [3.05, 3.63) is 30.3 Å². The van der Waals surface area contributed by atoms with Crippen molar-refractivity contribution in [3.8, 4) is 0 Å². The van der Waals surface area contributed by atoms with E-state index in [0.717, 1.165) is 0 Å². The van der Waals surface area contributed by atoms with E-state index in [2.05, 4.69) is 0 Å². The zero-order chi connectivity index (χ0) is 11.6. The third-order valence-electron chi connectivity index (χ3n) is 1.67. The largest absolute Gasteiger partial charge is 0.235 e. The molecule has 1 aliphatic heterocycles. The zero-order valence-corrected chi connectivity index (χ0v) is 8.50. The molecule has 1 saturated heterocycles. The fourth-order valence-electron chi connectivity index (χ4n) is 1.01. The molecule has 0 aromatic carbocycles. The first kappa shape index (κ1) is 14.1. The molecule has 0 saturated carbocycles. The van der Waals surface area contributed by atoms with E-state index in [4.69, 9.17) is 0 Å². The predicted molar refractivity (Wildman–Crippen MR) is 41.1 cm³/mol. The van der Waals surface area contributed by atoms with Crippen molar-refractivity contribution in [1.82, 2.24) is 15.0 Å². The van der Waals surface area contributed by atoms with E-state index in [1.54, 1.807) is 0 Å². The molecule has 1 rings (SSSR count). The second-order valence-electron chi connectivity index (χ2n) is 2.66. The van der Waals surface area contributed by atoms with Crippen LogP contribution in [0.2, 0.25) is 0 Å². The Hall–Kier alpha value is -1.88. The fourth-order valence-corrected chi connectivity index (χ4v) is 1.01. The first-order valence-corrected chi connectivity index (χ1v) is 3.59. The molecule has 1 heterocycles. The van der Waals surface area contributed by atoms with Crippen LogP contribution in [0, 0.1) is 30.3 Å². The minimum Gasteiger partial charge on any atom is -0.235 e. The second-order valence-corrected chi connectivity index (χ2v) is 2.66. The van der Waals surface area contributed by atoms with E-state index in [1.165, 1.54) is 0 Å². The van der Waals surface area contributed by atoms with Crippen molar-refractivity contribution in [3.63, 3.8) is 0 Å². The quantitative estimate of drug-likeness (QED) is 0.339. The molecule has 16 heavy (non-hydrogen) atoms. The van der Waals surface area contributed by atoms with Crippen LogP contribution in [0.3, 0.4) is 0 Å². The Kier molecular flexibility index (Phi) is 4.65. The summed E-state index contributed by atoms with van der Waals surface area (Å²) in [4.78, 5) is 31.0. The van der Waals surface area contributed by atoms with Gasteiger partial charge in [0.25, 0.3) is 0 Å². The average Bonchev–Trinajstić information content (AvgIpc) is 2.16. The molecule has 0 atom stereocenters. The molecule has 13 heteroatoms. The van der Waals surface area contributed by atoms with Gasteiger partial charge in [0.2, 0.25) is 20.0 Å². The number of hydrogen-bond acceptors (Lipinski definition) is 6. The molecule has 0 aromatic rings. The Morgan fingerprint density at radius 3 is 1.00 bits per heavy atom. The summed E-state index contributed by atoms with van der Waals surface area (Å²) in [6, 6.07) is 0. The van der Waals surface area contributed by atoms with Gasteiger partial charge in [0.05, 0.1) is 0 Å². The molecule has 0 aliphatic carbocycles. The number of hydrogen-bond donors (Lipinski definition) is 0. The summed E-state index contributed by atoms with van der Waals surface area (Å²) in [6.07, 6.45) is 0. The van der Waals surface area contributed by atoms with Gasteiger partial charge >= 0.3 is 0 Å². The summed E-state index contributed by atoms with van der Waals surface area (Å²) >= 11 is 0. The van der Waals surface area contributed by atoms with Crippen molar-refractivity contribution in [1.29, 1.82) is 0 Å². The van der Waals surface area contributed by atoms with E-state index in [-0.39, 0.29) is 17.1 Å². The smallest absolute Gasteiger partial charge is 0.212 e. The summed E-state index contributed by atoms with van der Waals surface area (Å²) in [5.74, 6) is 0. The van der Waals surface area contributed by atoms with Gasteiger partial charge in [-0.2, -0.15) is 0 Å². The molecule has 1 aliphatic rings. The summed E-state index contributed by atoms with van der Waals surface area (Å²) in [5.41, 5.74) is 0. The maximum Gasteiger partial charge on any atom is 0.212 e. The molecule has 1 radical (unpaired) electrons. The van der Waals surface area contributed by atoms with Gasteiger partial charge in [-0.1, -0.05) is 15.0 Å². The molecule has 0 spiro atoms. The number of rotatable bonds is 3. The topological polar surface area (TPSA) is 139 Å². The van der Waals surface area contributed by atoms with Crippen LogP contribution >= 0.6 is 0 Å². The first-order valence-electron chi connectivity index (χ1n) is 3.59. The van der Waals surface area contributed by atoms with Crippen LogP contribution in [-0.4, -0.2) is 50.1 Å². The molecule has 0 bridgehead atoms. The van der Waals surface area contributed by atoms with Gasteiger partial charge in [-0.15, -0.1) is 0 Å². The molecule has 0 unspecified atom stereocenters. The van der Waals surface area contributed by atoms with Crippen LogP contribution in [0.4, 0.5) is 0 Å². The van der Waals surface area contributed by atoms with Gasteiger partial charge < -0.3 is 0 Å². The van der Waals surface area contributed by atoms with Crippen molar-refractivity contribution in [2.45, 2.75) is 0 Å². The second kappa shape index (κ2) is 5.27. The minimum absolute atomic E-state index is 0. The van der Waals surface area contributed by atoms with Crippen molar-refractivity contribution in [2.75, 3.05) is 20.0 Å². The fraction of sp³-hybridized carbons (Fsp3) is 1.00. The molecule has 0 N–H and O–H groups in total. The number of hydrazine groups is 3. The summed E-state index contributed by atoms with van der Waals surface area (Å²) in [7, 11) is 0. The van der Waals surface area contributed by atoms with Crippen molar-refractivity contribution in [2.24, 2.45) is 0 Å². The molecular formula is C3H6CuN6O6. The van der Waals surface area contributed by atoms with Gasteiger partial charge in [0.15, 0.2) is 15.1 Å². The van der Waals surface area contributed by atoms with Gasteiger partial charge in [0, 0.05) is 17.1 Å². The van der Waals surface area contributed by atoms with Crippen LogP contribution in [0.25, 0.3) is 0 Å². The Bertz CT molecular complexity index is 257. The molecular weight excluding hydrogens is 280 g/mol. The monoisotopic (exact) mass is 285 g/mol. The summed E-state index contributed by atoms with van der Waals surface area (Å²) in [5, 5.41) is 29.3. The zero-order valence-electron chi connectivity index (χ0n) is 7.56. The Morgan fingerprint density at radius 2 is 0.875 bits per heavy atom. The normalized spacial score (nSPS) is 15.4. The Labute approximate surface area is 98.2 Å². The van der Waals surface area contributed by atoms with E-state index >= 15 is 0 Å². The third-order valence-corrected chi connectivity index (χ3v) is 1.67. The minimum atomic E-state index is -0.924. The average molecular weight is 286 g/mol. The van der Waals surface area contributed by atoms with Crippen LogP contribution in [-0.2, 0) is 17.1 Å². The molecule has 95 valence electrons. The predicted octanol–water partition coefficient (Wildman–Crippen LogP) is -1.65. The van der Waals surface area contributed by atoms with Crippen molar-refractivity contribution >= 4 is 0 Å². The van der Waals surface area contributed by atoms with Crippen LogP contribution in [0.15, 0.2) is 0 Å². The van der Waals surface area contributed by atoms with Gasteiger partial charge in [0.1, 0.15) is 0 Å². The molecule has 1 fully saturated rings. The van der Waals surface area contributed by atoms with Gasteiger partial charge in [-0.3, -0.25) is 0 Å². The molecule has 0 aromatic heterocycles. The van der Waals surface area contributed by atoms with Crippen LogP contribution < -0.4 is 0 Å².